The van der Waals surface area contributed by atoms with Crippen LogP contribution in [0.5, 0.6) is 0 Å². The van der Waals surface area contributed by atoms with Gasteiger partial charge in [0.1, 0.15) is 5.82 Å². The molecule has 0 spiro atoms. The quantitative estimate of drug-likeness (QED) is 0.658. The first-order chi connectivity index (χ1) is 5.40. The summed E-state index contributed by atoms with van der Waals surface area (Å²) < 4.78 is 2.02. The summed E-state index contributed by atoms with van der Waals surface area (Å²) in [6, 6.07) is 2.68. The molecule has 0 aromatic carbocycles. The zero-order valence-electron chi connectivity index (χ0n) is 6.75. The molecule has 0 fully saturated rings. The SMILES string of the molecule is CC[C@@H]1CCn2nccc2N1. The molecule has 2 rings (SSSR count). The second-order valence-electron chi connectivity index (χ2n) is 2.98. The minimum absolute atomic E-state index is 0.652. The van der Waals surface area contributed by atoms with Crippen molar-refractivity contribution in [1.82, 2.24) is 9.78 Å². The summed E-state index contributed by atoms with van der Waals surface area (Å²) in [6.07, 6.45) is 4.25. The van der Waals surface area contributed by atoms with Crippen molar-refractivity contribution in [3.8, 4) is 0 Å². The maximum Gasteiger partial charge on any atom is 0.124 e. The van der Waals surface area contributed by atoms with Crippen LogP contribution in [-0.4, -0.2) is 15.8 Å². The van der Waals surface area contributed by atoms with E-state index in [2.05, 4.69) is 17.3 Å². The Bertz CT molecular complexity index is 241. The van der Waals surface area contributed by atoms with E-state index in [0.717, 1.165) is 6.54 Å². The normalized spacial score (nSPS) is 22.5. The highest BCUT2D eigenvalue weighted by Gasteiger charge is 2.14. The summed E-state index contributed by atoms with van der Waals surface area (Å²) in [6.45, 7) is 3.28. The van der Waals surface area contributed by atoms with E-state index in [0.29, 0.717) is 6.04 Å². The summed E-state index contributed by atoms with van der Waals surface area (Å²) >= 11 is 0. The molecule has 1 atom stereocenters. The van der Waals surface area contributed by atoms with Gasteiger partial charge in [-0.05, 0) is 12.8 Å². The van der Waals surface area contributed by atoms with Gasteiger partial charge in [-0.1, -0.05) is 6.92 Å². The van der Waals surface area contributed by atoms with Crippen molar-refractivity contribution in [2.24, 2.45) is 0 Å². The Labute approximate surface area is 66.4 Å². The first-order valence-electron chi connectivity index (χ1n) is 4.18. The Morgan fingerprint density at radius 3 is 3.55 bits per heavy atom. The van der Waals surface area contributed by atoms with Crippen LogP contribution in [0.15, 0.2) is 12.3 Å². The number of aryl methyl sites for hydroxylation is 1. The maximum atomic E-state index is 4.18. The lowest BCUT2D eigenvalue weighted by Crippen LogP contribution is -2.27. The van der Waals surface area contributed by atoms with Crippen molar-refractivity contribution in [3.63, 3.8) is 0 Å². The van der Waals surface area contributed by atoms with Crippen molar-refractivity contribution in [1.29, 1.82) is 0 Å². The number of nitrogens with one attached hydrogen (secondary N) is 1. The number of rotatable bonds is 1. The second kappa shape index (κ2) is 2.57. The number of hydrogen-bond acceptors (Lipinski definition) is 2. The van der Waals surface area contributed by atoms with Gasteiger partial charge < -0.3 is 5.32 Å². The smallest absolute Gasteiger partial charge is 0.124 e. The molecule has 0 bridgehead atoms. The van der Waals surface area contributed by atoms with Crippen LogP contribution in [0.3, 0.4) is 0 Å². The maximum absolute atomic E-state index is 4.18. The van der Waals surface area contributed by atoms with Crippen molar-refractivity contribution in [2.45, 2.75) is 32.4 Å². The van der Waals surface area contributed by atoms with Crippen molar-refractivity contribution in [3.05, 3.63) is 12.3 Å². The molecule has 3 nitrogen and oxygen atoms in total. The topological polar surface area (TPSA) is 29.9 Å². The van der Waals surface area contributed by atoms with Crippen LogP contribution < -0.4 is 5.32 Å². The van der Waals surface area contributed by atoms with E-state index in [-0.39, 0.29) is 0 Å². The fraction of sp³-hybridized carbons (Fsp3) is 0.625. The summed E-state index contributed by atoms with van der Waals surface area (Å²) in [7, 11) is 0. The molecule has 11 heavy (non-hydrogen) atoms. The lowest BCUT2D eigenvalue weighted by atomic mass is 10.1. The highest BCUT2D eigenvalue weighted by atomic mass is 15.3. The first kappa shape index (κ1) is 6.70. The molecule has 1 aromatic rings. The third kappa shape index (κ3) is 1.11. The van der Waals surface area contributed by atoms with Gasteiger partial charge in [0, 0.05) is 18.7 Å². The summed E-state index contributed by atoms with van der Waals surface area (Å²) in [4.78, 5) is 0. The molecule has 0 saturated heterocycles. The van der Waals surface area contributed by atoms with Gasteiger partial charge >= 0.3 is 0 Å². The van der Waals surface area contributed by atoms with Gasteiger partial charge in [0.15, 0.2) is 0 Å². The highest BCUT2D eigenvalue weighted by Crippen LogP contribution is 2.17. The van der Waals surface area contributed by atoms with Crippen LogP contribution in [0.1, 0.15) is 19.8 Å². The largest absolute Gasteiger partial charge is 0.367 e. The summed E-state index contributed by atoms with van der Waals surface area (Å²) in [5, 5.41) is 7.61. The molecule has 1 aliphatic heterocycles. The van der Waals surface area contributed by atoms with E-state index < -0.39 is 0 Å². The van der Waals surface area contributed by atoms with Crippen molar-refractivity contribution >= 4 is 5.82 Å². The Morgan fingerprint density at radius 2 is 2.73 bits per heavy atom. The van der Waals surface area contributed by atoms with Crippen LogP contribution in [0.2, 0.25) is 0 Å². The van der Waals surface area contributed by atoms with Crippen LogP contribution in [0, 0.1) is 0 Å². The average Bonchev–Trinajstić information content (AvgIpc) is 2.50. The Balaban J connectivity index is 2.18. The third-order valence-corrected chi connectivity index (χ3v) is 2.25. The molecular weight excluding hydrogens is 138 g/mol. The van der Waals surface area contributed by atoms with Gasteiger partial charge in [-0.2, -0.15) is 5.10 Å². The second-order valence-corrected chi connectivity index (χ2v) is 2.98. The van der Waals surface area contributed by atoms with Gasteiger partial charge in [-0.15, -0.1) is 0 Å². The van der Waals surface area contributed by atoms with Gasteiger partial charge in [-0.3, -0.25) is 0 Å². The predicted molar refractivity (Wildman–Crippen MR) is 44.5 cm³/mol. The number of nitrogens with zero attached hydrogens (tertiary/aromatic N) is 2. The van der Waals surface area contributed by atoms with Gasteiger partial charge in [-0.25, -0.2) is 4.68 Å². The zero-order valence-corrected chi connectivity index (χ0v) is 6.75. The molecule has 0 saturated carbocycles. The molecule has 60 valence electrons. The summed E-state index contributed by atoms with van der Waals surface area (Å²) in [5.41, 5.74) is 0. The lowest BCUT2D eigenvalue weighted by Gasteiger charge is -2.24. The Hall–Kier alpha value is -0.990. The van der Waals surface area contributed by atoms with Crippen LogP contribution in [-0.2, 0) is 6.54 Å². The molecule has 0 radical (unpaired) electrons. The number of anilines is 1. The van der Waals surface area contributed by atoms with Crippen LogP contribution >= 0.6 is 0 Å². The fourth-order valence-corrected chi connectivity index (χ4v) is 1.50. The van der Waals surface area contributed by atoms with E-state index in [1.165, 1.54) is 18.7 Å². The van der Waals surface area contributed by atoms with Crippen molar-refractivity contribution in [2.75, 3.05) is 5.32 Å². The lowest BCUT2D eigenvalue weighted by molar-refractivity contribution is 0.486. The predicted octanol–water partition coefficient (Wildman–Crippen LogP) is 1.48. The van der Waals surface area contributed by atoms with E-state index >= 15 is 0 Å². The Kier molecular flexibility index (Phi) is 1.56. The molecule has 1 N–H and O–H groups in total. The van der Waals surface area contributed by atoms with E-state index in [9.17, 15) is 0 Å². The minimum atomic E-state index is 0.652. The molecule has 3 heteroatoms. The van der Waals surface area contributed by atoms with E-state index in [1.54, 1.807) is 0 Å². The van der Waals surface area contributed by atoms with Crippen LogP contribution in [0.25, 0.3) is 0 Å². The molecule has 0 aliphatic carbocycles. The third-order valence-electron chi connectivity index (χ3n) is 2.25. The minimum Gasteiger partial charge on any atom is -0.367 e. The first-order valence-corrected chi connectivity index (χ1v) is 4.18. The average molecular weight is 151 g/mol. The number of aromatic nitrogens is 2. The standard InChI is InChI=1S/C8H13N3/c1-2-7-4-6-11-8(10-7)3-5-9-11/h3,5,7,10H,2,4,6H2,1H3/t7-/m1/s1. The zero-order chi connectivity index (χ0) is 7.68. The molecule has 0 unspecified atom stereocenters. The fourth-order valence-electron chi connectivity index (χ4n) is 1.50. The van der Waals surface area contributed by atoms with E-state index in [4.69, 9.17) is 0 Å². The molecule has 0 amide bonds. The van der Waals surface area contributed by atoms with Gasteiger partial charge in [0.25, 0.3) is 0 Å². The highest BCUT2D eigenvalue weighted by molar-refractivity contribution is 5.36. The molecule has 1 aromatic heterocycles. The van der Waals surface area contributed by atoms with Gasteiger partial charge in [0.05, 0.1) is 6.20 Å². The number of hydrogen-bond donors (Lipinski definition) is 1. The molecule has 1 aliphatic rings. The monoisotopic (exact) mass is 151 g/mol. The van der Waals surface area contributed by atoms with Crippen molar-refractivity contribution < 1.29 is 0 Å². The Morgan fingerprint density at radius 1 is 1.82 bits per heavy atom. The summed E-state index contributed by atoms with van der Waals surface area (Å²) in [5.74, 6) is 1.17. The number of fused-ring (bicyclic) bond motifs is 1. The van der Waals surface area contributed by atoms with Gasteiger partial charge in [0.2, 0.25) is 0 Å². The molecular formula is C8H13N3. The molecule has 2 heterocycles. The van der Waals surface area contributed by atoms with E-state index in [1.807, 2.05) is 16.9 Å². The van der Waals surface area contributed by atoms with Crippen LogP contribution in [0.4, 0.5) is 5.82 Å².